The molecule has 0 bridgehead atoms. The standard InChI is InChI=1S/C14H16ClNO3/c1-18-13-5-2-4-11(15)10(13)8-16-9-12(17)14-6-3-7-19-14/h2-7,12,16-17H,8-9H2,1H3. The minimum atomic E-state index is -0.677. The van der Waals surface area contributed by atoms with E-state index in [9.17, 15) is 5.11 Å². The van der Waals surface area contributed by atoms with Gasteiger partial charge in [0.1, 0.15) is 17.6 Å². The maximum absolute atomic E-state index is 9.86. The third kappa shape index (κ3) is 3.50. The van der Waals surface area contributed by atoms with Crippen LogP contribution >= 0.6 is 11.6 Å². The zero-order valence-corrected chi connectivity index (χ0v) is 11.4. The number of methoxy groups -OCH3 is 1. The number of furan rings is 1. The predicted octanol–water partition coefficient (Wildman–Crippen LogP) is 2.76. The lowest BCUT2D eigenvalue weighted by atomic mass is 10.2. The first kappa shape index (κ1) is 13.9. The van der Waals surface area contributed by atoms with Crippen LogP contribution in [0.5, 0.6) is 5.75 Å². The molecule has 2 rings (SSSR count). The number of rotatable bonds is 6. The Kier molecular flexibility index (Phi) is 4.85. The van der Waals surface area contributed by atoms with Crippen LogP contribution in [-0.2, 0) is 6.54 Å². The molecule has 0 aliphatic heterocycles. The molecule has 2 N–H and O–H groups in total. The van der Waals surface area contributed by atoms with Gasteiger partial charge < -0.3 is 19.6 Å². The molecular formula is C14H16ClNO3. The van der Waals surface area contributed by atoms with Crippen LogP contribution in [0, 0.1) is 0 Å². The number of ether oxygens (including phenoxy) is 1. The van der Waals surface area contributed by atoms with Crippen LogP contribution in [0.3, 0.4) is 0 Å². The van der Waals surface area contributed by atoms with Crippen molar-refractivity contribution in [3.05, 3.63) is 52.9 Å². The van der Waals surface area contributed by atoms with Crippen molar-refractivity contribution in [1.29, 1.82) is 0 Å². The van der Waals surface area contributed by atoms with E-state index in [4.69, 9.17) is 20.8 Å². The molecule has 0 amide bonds. The molecule has 102 valence electrons. The molecule has 19 heavy (non-hydrogen) atoms. The Morgan fingerprint density at radius 2 is 2.21 bits per heavy atom. The molecule has 0 spiro atoms. The second-order valence-corrected chi connectivity index (χ2v) is 4.49. The van der Waals surface area contributed by atoms with Crippen molar-refractivity contribution < 1.29 is 14.3 Å². The first-order valence-electron chi connectivity index (χ1n) is 5.96. The highest BCUT2D eigenvalue weighted by atomic mass is 35.5. The lowest BCUT2D eigenvalue weighted by Crippen LogP contribution is -2.21. The molecule has 0 saturated carbocycles. The van der Waals surface area contributed by atoms with Gasteiger partial charge in [-0.15, -0.1) is 0 Å². The molecule has 0 radical (unpaired) electrons. The smallest absolute Gasteiger partial charge is 0.133 e. The van der Waals surface area contributed by atoms with Gasteiger partial charge in [-0.1, -0.05) is 17.7 Å². The van der Waals surface area contributed by atoms with Crippen molar-refractivity contribution in [3.8, 4) is 5.75 Å². The molecule has 0 aliphatic carbocycles. The fourth-order valence-electron chi connectivity index (χ4n) is 1.82. The van der Waals surface area contributed by atoms with Gasteiger partial charge in [0, 0.05) is 23.7 Å². The number of benzene rings is 1. The average Bonchev–Trinajstić information content (AvgIpc) is 2.94. The topological polar surface area (TPSA) is 54.6 Å². The fourth-order valence-corrected chi connectivity index (χ4v) is 2.05. The molecule has 4 nitrogen and oxygen atoms in total. The Balaban J connectivity index is 1.92. The maximum atomic E-state index is 9.86. The Morgan fingerprint density at radius 1 is 1.37 bits per heavy atom. The van der Waals surface area contributed by atoms with E-state index in [0.29, 0.717) is 23.9 Å². The molecule has 1 aromatic heterocycles. The van der Waals surface area contributed by atoms with Crippen LogP contribution in [0.25, 0.3) is 0 Å². The zero-order chi connectivity index (χ0) is 13.7. The van der Waals surface area contributed by atoms with Gasteiger partial charge >= 0.3 is 0 Å². The predicted molar refractivity (Wildman–Crippen MR) is 73.4 cm³/mol. The van der Waals surface area contributed by atoms with E-state index in [-0.39, 0.29) is 0 Å². The van der Waals surface area contributed by atoms with Gasteiger partial charge in [0.25, 0.3) is 0 Å². The van der Waals surface area contributed by atoms with Crippen LogP contribution in [0.2, 0.25) is 5.02 Å². The quantitative estimate of drug-likeness (QED) is 0.855. The molecule has 1 unspecified atom stereocenters. The highest BCUT2D eigenvalue weighted by Gasteiger charge is 2.11. The molecule has 1 aromatic carbocycles. The minimum absolute atomic E-state index is 0.377. The molecule has 2 aromatic rings. The second-order valence-electron chi connectivity index (χ2n) is 4.08. The molecule has 0 fully saturated rings. The SMILES string of the molecule is COc1cccc(Cl)c1CNCC(O)c1ccco1. The van der Waals surface area contributed by atoms with E-state index in [2.05, 4.69) is 5.32 Å². The van der Waals surface area contributed by atoms with Crippen molar-refractivity contribution in [2.45, 2.75) is 12.6 Å². The summed E-state index contributed by atoms with van der Waals surface area (Å²) >= 11 is 6.12. The van der Waals surface area contributed by atoms with E-state index in [0.717, 1.165) is 11.3 Å². The number of hydrogen-bond donors (Lipinski definition) is 2. The summed E-state index contributed by atoms with van der Waals surface area (Å²) < 4.78 is 10.4. The lowest BCUT2D eigenvalue weighted by Gasteiger charge is -2.13. The zero-order valence-electron chi connectivity index (χ0n) is 10.6. The van der Waals surface area contributed by atoms with Crippen LogP contribution in [0.1, 0.15) is 17.4 Å². The van der Waals surface area contributed by atoms with Crippen molar-refractivity contribution in [2.24, 2.45) is 0 Å². The molecular weight excluding hydrogens is 266 g/mol. The summed E-state index contributed by atoms with van der Waals surface area (Å²) in [4.78, 5) is 0. The number of aliphatic hydroxyl groups excluding tert-OH is 1. The van der Waals surface area contributed by atoms with Gasteiger partial charge in [-0.3, -0.25) is 0 Å². The summed E-state index contributed by atoms with van der Waals surface area (Å²) in [7, 11) is 1.60. The normalized spacial score (nSPS) is 12.4. The molecule has 0 aliphatic rings. The summed E-state index contributed by atoms with van der Waals surface area (Å²) in [6.07, 6.45) is 0.860. The molecule has 1 heterocycles. The van der Waals surface area contributed by atoms with Crippen LogP contribution in [0.4, 0.5) is 0 Å². The van der Waals surface area contributed by atoms with E-state index >= 15 is 0 Å². The van der Waals surface area contributed by atoms with Crippen LogP contribution < -0.4 is 10.1 Å². The first-order chi connectivity index (χ1) is 9.22. The summed E-state index contributed by atoms with van der Waals surface area (Å²) in [5.74, 6) is 1.27. The van der Waals surface area contributed by atoms with Crippen molar-refractivity contribution in [3.63, 3.8) is 0 Å². The summed E-state index contributed by atoms with van der Waals surface area (Å²) in [6, 6.07) is 8.98. The monoisotopic (exact) mass is 281 g/mol. The Bertz CT molecular complexity index is 513. The van der Waals surface area contributed by atoms with Gasteiger partial charge in [-0.25, -0.2) is 0 Å². The summed E-state index contributed by atoms with van der Waals surface area (Å²) in [5, 5.41) is 13.6. The van der Waals surface area contributed by atoms with Crippen molar-refractivity contribution in [2.75, 3.05) is 13.7 Å². The highest BCUT2D eigenvalue weighted by Crippen LogP contribution is 2.26. The van der Waals surface area contributed by atoms with Gasteiger partial charge in [-0.05, 0) is 24.3 Å². The average molecular weight is 282 g/mol. The van der Waals surface area contributed by atoms with Gasteiger partial charge in [0.2, 0.25) is 0 Å². The van der Waals surface area contributed by atoms with Gasteiger partial charge in [-0.2, -0.15) is 0 Å². The third-order valence-corrected chi connectivity index (χ3v) is 3.16. The van der Waals surface area contributed by atoms with Crippen LogP contribution in [0.15, 0.2) is 41.0 Å². The maximum Gasteiger partial charge on any atom is 0.133 e. The van der Waals surface area contributed by atoms with E-state index < -0.39 is 6.10 Å². The van der Waals surface area contributed by atoms with Gasteiger partial charge in [0.05, 0.1) is 13.4 Å². The number of nitrogens with one attached hydrogen (secondary N) is 1. The van der Waals surface area contributed by atoms with Gasteiger partial charge in [0.15, 0.2) is 0 Å². The Hall–Kier alpha value is -1.49. The van der Waals surface area contributed by atoms with E-state index in [1.807, 2.05) is 18.2 Å². The third-order valence-electron chi connectivity index (χ3n) is 2.81. The minimum Gasteiger partial charge on any atom is -0.496 e. The fraction of sp³-hybridized carbons (Fsp3) is 0.286. The molecule has 5 heteroatoms. The van der Waals surface area contributed by atoms with Crippen molar-refractivity contribution in [1.82, 2.24) is 5.32 Å². The number of hydrogen-bond acceptors (Lipinski definition) is 4. The largest absolute Gasteiger partial charge is 0.496 e. The first-order valence-corrected chi connectivity index (χ1v) is 6.33. The molecule has 0 saturated heterocycles. The molecule has 1 atom stereocenters. The summed E-state index contributed by atoms with van der Waals surface area (Å²) in [5.41, 5.74) is 0.873. The Labute approximate surface area is 117 Å². The van der Waals surface area contributed by atoms with Crippen LogP contribution in [-0.4, -0.2) is 18.8 Å². The number of aliphatic hydroxyl groups is 1. The lowest BCUT2D eigenvalue weighted by molar-refractivity contribution is 0.147. The highest BCUT2D eigenvalue weighted by molar-refractivity contribution is 6.31. The van der Waals surface area contributed by atoms with E-state index in [1.165, 1.54) is 6.26 Å². The number of halogens is 1. The second kappa shape index (κ2) is 6.61. The van der Waals surface area contributed by atoms with E-state index in [1.54, 1.807) is 19.2 Å². The Morgan fingerprint density at radius 3 is 2.89 bits per heavy atom. The summed E-state index contributed by atoms with van der Waals surface area (Å²) in [6.45, 7) is 0.891. The van der Waals surface area contributed by atoms with Crippen molar-refractivity contribution >= 4 is 11.6 Å².